The Bertz CT molecular complexity index is 1210. The average Bonchev–Trinajstić information content (AvgIpc) is 2.93. The lowest BCUT2D eigenvalue weighted by Gasteiger charge is -2.43. The van der Waals surface area contributed by atoms with E-state index in [0.717, 1.165) is 5.56 Å². The Morgan fingerprint density at radius 2 is 1.43 bits per heavy atom. The van der Waals surface area contributed by atoms with Gasteiger partial charge in [-0.1, -0.05) is 6.07 Å². The first-order chi connectivity index (χ1) is 17.7. The van der Waals surface area contributed by atoms with Crippen LogP contribution in [0.4, 0.5) is 0 Å². The Labute approximate surface area is 216 Å². The van der Waals surface area contributed by atoms with Crippen molar-refractivity contribution >= 4 is 17.7 Å². The van der Waals surface area contributed by atoms with E-state index < -0.39 is 12.0 Å². The first kappa shape index (κ1) is 26.1. The van der Waals surface area contributed by atoms with Crippen molar-refractivity contribution in [1.29, 1.82) is 0 Å². The molecule has 2 N–H and O–H groups in total. The van der Waals surface area contributed by atoms with E-state index >= 15 is 0 Å². The summed E-state index contributed by atoms with van der Waals surface area (Å²) >= 11 is 0. The van der Waals surface area contributed by atoms with Crippen LogP contribution in [-0.2, 0) is 9.59 Å². The number of carbonyl (C=O) groups is 3. The summed E-state index contributed by atoms with van der Waals surface area (Å²) in [7, 11) is 7.78. The molecule has 4 rings (SSSR count). The minimum atomic E-state index is -0.735. The van der Waals surface area contributed by atoms with E-state index in [4.69, 9.17) is 24.7 Å². The number of hydrogen-bond donors (Lipinski definition) is 1. The summed E-state index contributed by atoms with van der Waals surface area (Å²) in [5, 5.41) is 0. The zero-order valence-corrected chi connectivity index (χ0v) is 21.8. The van der Waals surface area contributed by atoms with Crippen LogP contribution in [0.25, 0.3) is 0 Å². The van der Waals surface area contributed by atoms with Gasteiger partial charge >= 0.3 is 0 Å². The van der Waals surface area contributed by atoms with E-state index in [0.29, 0.717) is 60.1 Å². The molecule has 10 heteroatoms. The predicted molar refractivity (Wildman–Crippen MR) is 135 cm³/mol. The lowest BCUT2D eigenvalue weighted by atomic mass is 9.78. The molecule has 1 fully saturated rings. The number of carbonyl (C=O) groups excluding carboxylic acids is 3. The van der Waals surface area contributed by atoms with E-state index in [-0.39, 0.29) is 23.6 Å². The third-order valence-electron chi connectivity index (χ3n) is 7.40. The fourth-order valence-corrected chi connectivity index (χ4v) is 5.35. The largest absolute Gasteiger partial charge is 0.493 e. The number of hydrogen-bond acceptors (Lipinski definition) is 7. The van der Waals surface area contributed by atoms with Crippen molar-refractivity contribution in [2.45, 2.75) is 24.8 Å². The summed E-state index contributed by atoms with van der Waals surface area (Å²) in [6.07, 6.45) is 1.00. The number of methoxy groups -OCH3 is 4. The number of likely N-dealkylation sites (tertiary alicyclic amines) is 1. The molecule has 10 nitrogen and oxygen atoms in total. The second kappa shape index (κ2) is 10.6. The summed E-state index contributed by atoms with van der Waals surface area (Å²) < 4.78 is 21.9. The van der Waals surface area contributed by atoms with Crippen LogP contribution < -0.4 is 24.7 Å². The van der Waals surface area contributed by atoms with Gasteiger partial charge in [0.25, 0.3) is 5.91 Å². The van der Waals surface area contributed by atoms with Gasteiger partial charge in [0, 0.05) is 31.6 Å². The fraction of sp³-hybridized carbons (Fsp3) is 0.444. The molecule has 2 heterocycles. The lowest BCUT2D eigenvalue weighted by Crippen LogP contribution is -2.49. The van der Waals surface area contributed by atoms with E-state index in [1.54, 1.807) is 48.2 Å². The van der Waals surface area contributed by atoms with Crippen molar-refractivity contribution in [3.63, 3.8) is 0 Å². The van der Waals surface area contributed by atoms with Gasteiger partial charge in [-0.2, -0.15) is 0 Å². The SMILES string of the molecule is COc1ccc([C@@H]2[C@@H](C(=O)N3CCC(C(N)=O)CC3)c3cc(OC)c(OC)cc3C(=O)N2C)cc1OC. The van der Waals surface area contributed by atoms with Crippen molar-refractivity contribution in [2.75, 3.05) is 48.6 Å². The van der Waals surface area contributed by atoms with Gasteiger partial charge in [0.05, 0.1) is 40.4 Å². The normalized spacial score (nSPS) is 19.8. The minimum absolute atomic E-state index is 0.143. The molecule has 0 bridgehead atoms. The van der Waals surface area contributed by atoms with Gasteiger partial charge in [0.15, 0.2) is 23.0 Å². The second-order valence-electron chi connectivity index (χ2n) is 9.25. The highest BCUT2D eigenvalue weighted by Crippen LogP contribution is 2.47. The number of ether oxygens (including phenoxy) is 4. The number of benzene rings is 2. The average molecular weight is 512 g/mol. The van der Waals surface area contributed by atoms with Gasteiger partial charge in [-0.3, -0.25) is 14.4 Å². The number of nitrogens with two attached hydrogens (primary N) is 1. The van der Waals surface area contributed by atoms with E-state index in [2.05, 4.69) is 0 Å². The Hall–Kier alpha value is -3.95. The highest BCUT2D eigenvalue weighted by atomic mass is 16.5. The quantitative estimate of drug-likeness (QED) is 0.606. The molecule has 2 aromatic rings. The molecule has 2 aliphatic heterocycles. The molecule has 37 heavy (non-hydrogen) atoms. The van der Waals surface area contributed by atoms with Crippen LogP contribution in [-0.4, -0.2) is 76.1 Å². The van der Waals surface area contributed by atoms with Crippen molar-refractivity contribution in [1.82, 2.24) is 9.80 Å². The van der Waals surface area contributed by atoms with E-state index in [1.165, 1.54) is 21.3 Å². The topological polar surface area (TPSA) is 121 Å². The smallest absolute Gasteiger partial charge is 0.254 e. The van der Waals surface area contributed by atoms with Crippen molar-refractivity contribution in [3.05, 3.63) is 47.0 Å². The van der Waals surface area contributed by atoms with Gasteiger partial charge in [-0.25, -0.2) is 0 Å². The molecule has 0 unspecified atom stereocenters. The van der Waals surface area contributed by atoms with Crippen molar-refractivity contribution in [3.8, 4) is 23.0 Å². The monoisotopic (exact) mass is 511 g/mol. The van der Waals surface area contributed by atoms with Gasteiger partial charge in [0.1, 0.15) is 0 Å². The van der Waals surface area contributed by atoms with E-state index in [9.17, 15) is 14.4 Å². The maximum absolute atomic E-state index is 14.2. The third kappa shape index (κ3) is 4.63. The third-order valence-corrected chi connectivity index (χ3v) is 7.40. The first-order valence-electron chi connectivity index (χ1n) is 12.1. The molecule has 2 aliphatic rings. The van der Waals surface area contributed by atoms with Crippen LogP contribution in [0.2, 0.25) is 0 Å². The Morgan fingerprint density at radius 1 is 0.865 bits per heavy atom. The van der Waals surface area contributed by atoms with Crippen LogP contribution >= 0.6 is 0 Å². The van der Waals surface area contributed by atoms with Crippen LogP contribution in [0.3, 0.4) is 0 Å². The Balaban J connectivity index is 1.85. The summed E-state index contributed by atoms with van der Waals surface area (Å²) in [6.45, 7) is 0.809. The number of likely N-dealkylation sites (N-methyl/N-ethyl adjacent to an activating group) is 1. The summed E-state index contributed by atoms with van der Waals surface area (Å²) in [4.78, 5) is 42.8. The molecule has 0 saturated carbocycles. The molecule has 198 valence electrons. The second-order valence-corrected chi connectivity index (χ2v) is 9.25. The number of fused-ring (bicyclic) bond motifs is 1. The molecule has 0 aliphatic carbocycles. The number of amides is 3. The van der Waals surface area contributed by atoms with Crippen molar-refractivity contribution < 1.29 is 33.3 Å². The number of piperidine rings is 1. The number of nitrogens with zero attached hydrogens (tertiary/aromatic N) is 2. The maximum Gasteiger partial charge on any atom is 0.254 e. The van der Waals surface area contributed by atoms with Crippen LogP contribution in [0, 0.1) is 5.92 Å². The minimum Gasteiger partial charge on any atom is -0.493 e. The molecule has 2 atom stereocenters. The Kier molecular flexibility index (Phi) is 7.47. The van der Waals surface area contributed by atoms with E-state index in [1.807, 2.05) is 6.07 Å². The number of primary amides is 1. The molecule has 0 aromatic heterocycles. The van der Waals surface area contributed by atoms with Crippen molar-refractivity contribution in [2.24, 2.45) is 11.7 Å². The molecule has 0 spiro atoms. The van der Waals surface area contributed by atoms with Gasteiger partial charge in [0.2, 0.25) is 11.8 Å². The maximum atomic E-state index is 14.2. The van der Waals surface area contributed by atoms with Crippen LogP contribution in [0.5, 0.6) is 23.0 Å². The molecular weight excluding hydrogens is 478 g/mol. The lowest BCUT2D eigenvalue weighted by molar-refractivity contribution is -0.137. The van der Waals surface area contributed by atoms with Gasteiger partial charge < -0.3 is 34.5 Å². The summed E-state index contributed by atoms with van der Waals surface area (Å²) in [5.41, 5.74) is 7.16. The van der Waals surface area contributed by atoms with Crippen LogP contribution in [0.1, 0.15) is 46.3 Å². The zero-order chi connectivity index (χ0) is 26.9. The molecule has 3 amide bonds. The predicted octanol–water partition coefficient (Wildman–Crippen LogP) is 2.36. The fourth-order valence-electron chi connectivity index (χ4n) is 5.35. The summed E-state index contributed by atoms with van der Waals surface area (Å²) in [6, 6.07) is 8.10. The highest BCUT2D eigenvalue weighted by Gasteiger charge is 2.45. The first-order valence-corrected chi connectivity index (χ1v) is 12.1. The van der Waals surface area contributed by atoms with Crippen LogP contribution in [0.15, 0.2) is 30.3 Å². The van der Waals surface area contributed by atoms with Gasteiger partial charge in [-0.05, 0) is 48.2 Å². The zero-order valence-electron chi connectivity index (χ0n) is 21.8. The van der Waals surface area contributed by atoms with Gasteiger partial charge in [-0.15, -0.1) is 0 Å². The summed E-state index contributed by atoms with van der Waals surface area (Å²) in [5.74, 6) is 0.143. The molecule has 1 saturated heterocycles. The number of rotatable bonds is 7. The Morgan fingerprint density at radius 3 is 2.00 bits per heavy atom. The molecule has 0 radical (unpaired) electrons. The standard InChI is InChI=1S/C27H33N3O7/c1-29-24(16-6-7-19(34-2)20(12-16)35-3)23(27(33)30-10-8-15(9-11-30)25(28)31)17-13-21(36-4)22(37-5)14-18(17)26(29)32/h6-7,12-15,23-24H,8-11H2,1-5H3,(H2,28,31)/t23-,24+/m0/s1. The molecule has 2 aromatic carbocycles. The highest BCUT2D eigenvalue weighted by molar-refractivity contribution is 6.02. The molecular formula is C27H33N3O7.